The number of rotatable bonds is 3. The van der Waals surface area contributed by atoms with Crippen LogP contribution in [-0.4, -0.2) is 4.98 Å². The predicted molar refractivity (Wildman–Crippen MR) is 82.1 cm³/mol. The number of fused-ring (bicyclic) bond motifs is 1. The van der Waals surface area contributed by atoms with Crippen LogP contribution in [0.5, 0.6) is 0 Å². The Labute approximate surface area is 123 Å². The molecule has 2 aromatic heterocycles. The van der Waals surface area contributed by atoms with Crippen LogP contribution in [0.2, 0.25) is 0 Å². The average Bonchev–Trinajstić information content (AvgIpc) is 3.05. The molecule has 0 amide bonds. The molecule has 0 fully saturated rings. The van der Waals surface area contributed by atoms with Crippen LogP contribution in [0.3, 0.4) is 0 Å². The molecule has 2 heterocycles. The van der Waals surface area contributed by atoms with E-state index in [1.807, 2.05) is 6.07 Å². The Balaban J connectivity index is 1.89. The first-order valence-corrected chi connectivity index (χ1v) is 7.75. The number of hydrogen-bond acceptors (Lipinski definition) is 4. The van der Waals surface area contributed by atoms with Crippen LogP contribution in [-0.2, 0) is 12.8 Å². The van der Waals surface area contributed by atoms with Gasteiger partial charge in [-0.05, 0) is 56.9 Å². The first-order valence-electron chi connectivity index (χ1n) is 6.93. The lowest BCUT2D eigenvalue weighted by atomic mass is 10.1. The van der Waals surface area contributed by atoms with Crippen molar-refractivity contribution >= 4 is 17.2 Å². The highest BCUT2D eigenvalue weighted by atomic mass is 32.1. The maximum Gasteiger partial charge on any atom is 0.144 e. The number of nitrogens with zero attached hydrogens (tertiary/aromatic N) is 2. The van der Waals surface area contributed by atoms with Gasteiger partial charge in [0.25, 0.3) is 0 Å². The first kappa shape index (κ1) is 13.1. The molecule has 2 aromatic rings. The number of anilines is 1. The monoisotopic (exact) mass is 283 g/mol. The molecular weight excluding hydrogens is 266 g/mol. The molecule has 1 unspecified atom stereocenters. The van der Waals surface area contributed by atoms with Gasteiger partial charge >= 0.3 is 0 Å². The first-order chi connectivity index (χ1) is 9.67. The fraction of sp³-hybridized carbons (Fsp3) is 0.375. The van der Waals surface area contributed by atoms with Crippen molar-refractivity contribution in [3.8, 4) is 6.07 Å². The summed E-state index contributed by atoms with van der Waals surface area (Å²) in [7, 11) is 0. The molecule has 0 aromatic carbocycles. The van der Waals surface area contributed by atoms with Gasteiger partial charge in [0.1, 0.15) is 11.9 Å². The highest BCUT2D eigenvalue weighted by molar-refractivity contribution is 7.12. The van der Waals surface area contributed by atoms with E-state index in [0.29, 0.717) is 5.56 Å². The van der Waals surface area contributed by atoms with E-state index >= 15 is 0 Å². The number of nitrogens with one attached hydrogen (secondary N) is 1. The highest BCUT2D eigenvalue weighted by Gasteiger charge is 2.18. The van der Waals surface area contributed by atoms with Crippen molar-refractivity contribution in [2.75, 3.05) is 5.32 Å². The van der Waals surface area contributed by atoms with Crippen molar-refractivity contribution in [1.29, 1.82) is 5.26 Å². The van der Waals surface area contributed by atoms with Crippen LogP contribution in [0, 0.1) is 18.3 Å². The van der Waals surface area contributed by atoms with Crippen LogP contribution >= 0.6 is 11.3 Å². The lowest BCUT2D eigenvalue weighted by Gasteiger charge is -2.15. The van der Waals surface area contributed by atoms with E-state index in [4.69, 9.17) is 0 Å². The molecule has 0 radical (unpaired) electrons. The van der Waals surface area contributed by atoms with E-state index in [1.165, 1.54) is 15.3 Å². The zero-order valence-corrected chi connectivity index (χ0v) is 12.5. The summed E-state index contributed by atoms with van der Waals surface area (Å²) in [4.78, 5) is 7.24. The fourth-order valence-corrected chi connectivity index (χ4v) is 3.51. The predicted octanol–water partition coefficient (Wildman–Crippen LogP) is 3.99. The third-order valence-electron chi connectivity index (χ3n) is 3.71. The summed E-state index contributed by atoms with van der Waals surface area (Å²) < 4.78 is 0. The standard InChI is InChI=1S/C16H17N3S/c1-10-6-7-15(20-10)11(2)18-16-13(9-17)8-12-4-3-5-14(12)19-16/h6-8,11H,3-5H2,1-2H3,(H,18,19). The molecule has 3 rings (SSSR count). The SMILES string of the molecule is Cc1ccc(C(C)Nc2nc3c(cc2C#N)CCC3)s1. The number of hydrogen-bond donors (Lipinski definition) is 1. The lowest BCUT2D eigenvalue weighted by molar-refractivity contribution is 0.880. The summed E-state index contributed by atoms with van der Waals surface area (Å²) in [6.45, 7) is 4.22. The van der Waals surface area contributed by atoms with E-state index < -0.39 is 0 Å². The maximum absolute atomic E-state index is 9.31. The number of nitriles is 1. The van der Waals surface area contributed by atoms with Gasteiger partial charge in [-0.15, -0.1) is 11.3 Å². The molecule has 0 saturated carbocycles. The van der Waals surface area contributed by atoms with Gasteiger partial charge in [-0.25, -0.2) is 4.98 Å². The van der Waals surface area contributed by atoms with Gasteiger partial charge < -0.3 is 5.32 Å². The van der Waals surface area contributed by atoms with E-state index in [0.717, 1.165) is 30.8 Å². The zero-order valence-electron chi connectivity index (χ0n) is 11.7. The topological polar surface area (TPSA) is 48.7 Å². The molecular formula is C16H17N3S. The zero-order chi connectivity index (χ0) is 14.1. The van der Waals surface area contributed by atoms with E-state index in [9.17, 15) is 5.26 Å². The van der Waals surface area contributed by atoms with Crippen LogP contribution in [0.15, 0.2) is 18.2 Å². The Bertz CT molecular complexity index is 682. The maximum atomic E-state index is 9.31. The number of aromatic nitrogens is 1. The van der Waals surface area contributed by atoms with Gasteiger partial charge in [-0.1, -0.05) is 0 Å². The van der Waals surface area contributed by atoms with Crippen LogP contribution < -0.4 is 5.32 Å². The second kappa shape index (κ2) is 5.26. The van der Waals surface area contributed by atoms with Crippen molar-refractivity contribution in [1.82, 2.24) is 4.98 Å². The van der Waals surface area contributed by atoms with E-state index in [-0.39, 0.29) is 6.04 Å². The van der Waals surface area contributed by atoms with Crippen molar-refractivity contribution in [2.24, 2.45) is 0 Å². The summed E-state index contributed by atoms with van der Waals surface area (Å²) in [5.74, 6) is 0.728. The number of pyridine rings is 1. The van der Waals surface area contributed by atoms with Gasteiger partial charge in [0.2, 0.25) is 0 Å². The van der Waals surface area contributed by atoms with E-state index in [1.54, 1.807) is 11.3 Å². The second-order valence-electron chi connectivity index (χ2n) is 5.27. The highest BCUT2D eigenvalue weighted by Crippen LogP contribution is 2.29. The Morgan fingerprint density at radius 1 is 1.40 bits per heavy atom. The molecule has 1 atom stereocenters. The van der Waals surface area contributed by atoms with Crippen molar-refractivity contribution in [3.05, 3.63) is 44.8 Å². The van der Waals surface area contributed by atoms with Gasteiger partial charge in [0.05, 0.1) is 11.6 Å². The molecule has 0 bridgehead atoms. The Morgan fingerprint density at radius 2 is 2.25 bits per heavy atom. The van der Waals surface area contributed by atoms with Gasteiger partial charge in [0.15, 0.2) is 0 Å². The molecule has 102 valence electrons. The van der Waals surface area contributed by atoms with Gasteiger partial charge in [0, 0.05) is 15.4 Å². The minimum Gasteiger partial charge on any atom is -0.362 e. The fourth-order valence-electron chi connectivity index (χ4n) is 2.63. The third-order valence-corrected chi connectivity index (χ3v) is 4.90. The molecule has 1 N–H and O–H groups in total. The molecule has 4 heteroatoms. The Morgan fingerprint density at radius 3 is 2.95 bits per heavy atom. The van der Waals surface area contributed by atoms with E-state index in [2.05, 4.69) is 42.4 Å². The van der Waals surface area contributed by atoms with Crippen molar-refractivity contribution < 1.29 is 0 Å². The molecule has 0 spiro atoms. The van der Waals surface area contributed by atoms with Crippen LogP contribution in [0.1, 0.15) is 46.0 Å². The summed E-state index contributed by atoms with van der Waals surface area (Å²) in [5.41, 5.74) is 3.05. The second-order valence-corrected chi connectivity index (χ2v) is 6.59. The quantitative estimate of drug-likeness (QED) is 0.926. The van der Waals surface area contributed by atoms with Crippen LogP contribution in [0.4, 0.5) is 5.82 Å². The summed E-state index contributed by atoms with van der Waals surface area (Å²) in [5, 5.41) is 12.7. The van der Waals surface area contributed by atoms with Crippen molar-refractivity contribution in [3.63, 3.8) is 0 Å². The van der Waals surface area contributed by atoms with Crippen molar-refractivity contribution in [2.45, 2.75) is 39.2 Å². The molecule has 1 aliphatic rings. The van der Waals surface area contributed by atoms with Gasteiger partial charge in [-0.2, -0.15) is 5.26 Å². The Hall–Kier alpha value is -1.86. The summed E-state index contributed by atoms with van der Waals surface area (Å²) in [6, 6.07) is 8.70. The minimum atomic E-state index is 0.174. The molecule has 3 nitrogen and oxygen atoms in total. The Kier molecular flexibility index (Phi) is 3.45. The smallest absolute Gasteiger partial charge is 0.144 e. The molecule has 1 aliphatic carbocycles. The number of thiophene rings is 1. The largest absolute Gasteiger partial charge is 0.362 e. The van der Waals surface area contributed by atoms with Crippen LogP contribution in [0.25, 0.3) is 0 Å². The molecule has 20 heavy (non-hydrogen) atoms. The van der Waals surface area contributed by atoms with Gasteiger partial charge in [-0.3, -0.25) is 0 Å². The summed E-state index contributed by atoms with van der Waals surface area (Å²) >= 11 is 1.78. The number of aryl methyl sites for hydroxylation is 3. The lowest BCUT2D eigenvalue weighted by Crippen LogP contribution is -2.09. The average molecular weight is 283 g/mol. The minimum absolute atomic E-state index is 0.174. The summed E-state index contributed by atoms with van der Waals surface area (Å²) in [6.07, 6.45) is 3.23. The normalized spacial score (nSPS) is 14.7. The molecule has 0 saturated heterocycles. The molecule has 0 aliphatic heterocycles. The third kappa shape index (κ3) is 2.41.